The Balaban J connectivity index is 4.52. The van der Waals surface area contributed by atoms with Crippen molar-refractivity contribution >= 4 is 15.0 Å². The fraction of sp³-hybridized carbons (Fsp3) is 0.700. The van der Waals surface area contributed by atoms with Gasteiger partial charge in [0.25, 0.3) is 0 Å². The van der Waals surface area contributed by atoms with Crippen LogP contribution in [0.5, 0.6) is 0 Å². The highest BCUT2D eigenvalue weighted by atomic mass is 28.4. The molecule has 0 fully saturated rings. The van der Waals surface area contributed by atoms with Gasteiger partial charge in [-0.15, -0.1) is 0 Å². The van der Waals surface area contributed by atoms with E-state index < -0.39 is 15.0 Å². The summed E-state index contributed by atoms with van der Waals surface area (Å²) in [7, 11) is 0.887. The van der Waals surface area contributed by atoms with E-state index in [-0.39, 0.29) is 0 Å². The summed E-state index contributed by atoms with van der Waals surface area (Å²) in [5.41, 5.74) is 0.532. The topological polar surface area (TPSA) is 54.0 Å². The maximum atomic E-state index is 11.6. The molecular formula is C10H20O5Si. The number of hydrogen-bond donors (Lipinski definition) is 0. The number of hydrogen-bond acceptors (Lipinski definition) is 5. The van der Waals surface area contributed by atoms with Crippen LogP contribution in [0.4, 0.5) is 0 Å². The molecule has 0 aliphatic rings. The van der Waals surface area contributed by atoms with Crippen molar-refractivity contribution in [2.75, 3.05) is 21.3 Å². The van der Waals surface area contributed by atoms with E-state index in [4.69, 9.17) is 17.7 Å². The lowest BCUT2D eigenvalue weighted by atomic mass is 10.2. The molecule has 0 saturated heterocycles. The van der Waals surface area contributed by atoms with Gasteiger partial charge >= 0.3 is 15.0 Å². The van der Waals surface area contributed by atoms with Crippen LogP contribution in [0.25, 0.3) is 0 Å². The maximum absolute atomic E-state index is 11.6. The zero-order valence-electron chi connectivity index (χ0n) is 10.5. The molecule has 0 aromatic rings. The van der Waals surface area contributed by atoms with Crippen molar-refractivity contribution in [2.24, 2.45) is 0 Å². The van der Waals surface area contributed by atoms with Crippen LogP contribution in [0.2, 0.25) is 0 Å². The van der Waals surface area contributed by atoms with Gasteiger partial charge in [-0.3, -0.25) is 0 Å². The fourth-order valence-corrected chi connectivity index (χ4v) is 2.15. The molecule has 0 amide bonds. The van der Waals surface area contributed by atoms with Crippen molar-refractivity contribution in [3.63, 3.8) is 0 Å². The van der Waals surface area contributed by atoms with Crippen LogP contribution in [0.3, 0.4) is 0 Å². The van der Waals surface area contributed by atoms with E-state index in [1.807, 2.05) is 13.0 Å². The Labute approximate surface area is 97.8 Å². The van der Waals surface area contributed by atoms with Gasteiger partial charge in [-0.25, -0.2) is 4.79 Å². The predicted octanol–water partition coefficient (Wildman–Crippen LogP) is 1.65. The summed E-state index contributed by atoms with van der Waals surface area (Å²) in [6.45, 7) is 3.73. The van der Waals surface area contributed by atoms with Crippen LogP contribution in [-0.4, -0.2) is 36.3 Å². The third-order valence-electron chi connectivity index (χ3n) is 2.03. The van der Waals surface area contributed by atoms with E-state index in [1.54, 1.807) is 6.92 Å². The summed E-state index contributed by atoms with van der Waals surface area (Å²) >= 11 is 0. The van der Waals surface area contributed by atoms with Crippen molar-refractivity contribution < 1.29 is 22.5 Å². The fourth-order valence-electron chi connectivity index (χ4n) is 1.01. The number of carbonyl (C=O) groups is 1. The van der Waals surface area contributed by atoms with Gasteiger partial charge in [-0.2, -0.15) is 0 Å². The van der Waals surface area contributed by atoms with Gasteiger partial charge in [0.05, 0.1) is 0 Å². The summed E-state index contributed by atoms with van der Waals surface area (Å²) in [6, 6.07) is 0. The summed E-state index contributed by atoms with van der Waals surface area (Å²) in [4.78, 5) is 11.6. The molecule has 0 radical (unpaired) electrons. The highest BCUT2D eigenvalue weighted by molar-refractivity contribution is 6.55. The van der Waals surface area contributed by atoms with Crippen molar-refractivity contribution in [1.29, 1.82) is 0 Å². The van der Waals surface area contributed by atoms with Crippen LogP contribution in [0.1, 0.15) is 26.7 Å². The summed E-state index contributed by atoms with van der Waals surface area (Å²) in [6.07, 6.45) is 3.64. The van der Waals surface area contributed by atoms with Crippen LogP contribution >= 0.6 is 0 Å². The van der Waals surface area contributed by atoms with Crippen LogP contribution in [-0.2, 0) is 22.5 Å². The molecule has 0 N–H and O–H groups in total. The minimum atomic E-state index is -3.27. The molecule has 94 valence electrons. The standard InChI is InChI=1S/C10H20O5Si/c1-6-7-8-9(2)10(11)15-16(12-3,13-4)14-5/h8H,6-7H2,1-5H3. The second-order valence-corrected chi connectivity index (χ2v) is 5.61. The van der Waals surface area contributed by atoms with E-state index in [0.717, 1.165) is 12.8 Å². The second-order valence-electron chi connectivity index (χ2n) is 3.18. The van der Waals surface area contributed by atoms with Gasteiger partial charge in [-0.05, 0) is 13.3 Å². The van der Waals surface area contributed by atoms with Crippen LogP contribution in [0.15, 0.2) is 11.6 Å². The SMILES string of the molecule is CCCC=C(C)C(=O)O[Si](OC)(OC)OC. The molecule has 0 unspecified atom stereocenters. The van der Waals surface area contributed by atoms with Crippen LogP contribution in [0, 0.1) is 0 Å². The van der Waals surface area contributed by atoms with Gasteiger partial charge < -0.3 is 17.7 Å². The first kappa shape index (κ1) is 15.3. The Morgan fingerprint density at radius 3 is 2.06 bits per heavy atom. The zero-order chi connectivity index (χ0) is 12.6. The van der Waals surface area contributed by atoms with Crippen molar-refractivity contribution in [3.05, 3.63) is 11.6 Å². The largest absolute Gasteiger partial charge is 0.751 e. The monoisotopic (exact) mass is 248 g/mol. The normalized spacial score (nSPS) is 12.7. The molecule has 0 aliphatic carbocycles. The summed E-state index contributed by atoms with van der Waals surface area (Å²) in [5, 5.41) is 0. The van der Waals surface area contributed by atoms with Gasteiger partial charge in [0, 0.05) is 26.9 Å². The lowest BCUT2D eigenvalue weighted by Gasteiger charge is -2.22. The van der Waals surface area contributed by atoms with Crippen molar-refractivity contribution in [1.82, 2.24) is 0 Å². The summed E-state index contributed by atoms with van der Waals surface area (Å²) < 4.78 is 20.1. The molecule has 0 aromatic heterocycles. The predicted molar refractivity (Wildman–Crippen MR) is 61.5 cm³/mol. The van der Waals surface area contributed by atoms with E-state index in [1.165, 1.54) is 21.3 Å². The van der Waals surface area contributed by atoms with E-state index in [9.17, 15) is 4.79 Å². The molecule has 0 rings (SSSR count). The quantitative estimate of drug-likeness (QED) is 0.506. The Kier molecular flexibility index (Phi) is 7.23. The van der Waals surface area contributed by atoms with Crippen LogP contribution < -0.4 is 0 Å². The minimum absolute atomic E-state index is 0.467. The van der Waals surface area contributed by atoms with Gasteiger partial charge in [0.2, 0.25) is 0 Å². The molecule has 0 atom stereocenters. The van der Waals surface area contributed by atoms with Gasteiger partial charge in [-0.1, -0.05) is 19.4 Å². The Bertz CT molecular complexity index is 239. The lowest BCUT2D eigenvalue weighted by Crippen LogP contribution is -2.48. The van der Waals surface area contributed by atoms with E-state index in [2.05, 4.69) is 0 Å². The molecule has 0 heterocycles. The van der Waals surface area contributed by atoms with E-state index in [0.29, 0.717) is 5.57 Å². The number of allylic oxidation sites excluding steroid dienone is 1. The third kappa shape index (κ3) is 4.44. The molecule has 0 aromatic carbocycles. The summed E-state index contributed by atoms with van der Waals surface area (Å²) in [5.74, 6) is -0.467. The number of carbonyl (C=O) groups excluding carboxylic acids is 1. The molecule has 16 heavy (non-hydrogen) atoms. The molecule has 0 bridgehead atoms. The molecule has 6 heteroatoms. The first-order valence-corrected chi connectivity index (χ1v) is 6.74. The number of rotatable bonds is 7. The first-order valence-electron chi connectivity index (χ1n) is 5.10. The Morgan fingerprint density at radius 2 is 1.69 bits per heavy atom. The smallest absolute Gasteiger partial charge is 0.448 e. The number of unbranched alkanes of at least 4 members (excludes halogenated alkanes) is 1. The molecule has 0 spiro atoms. The third-order valence-corrected chi connectivity index (χ3v) is 3.96. The zero-order valence-corrected chi connectivity index (χ0v) is 11.5. The lowest BCUT2D eigenvalue weighted by molar-refractivity contribution is -0.138. The second kappa shape index (κ2) is 7.56. The first-order chi connectivity index (χ1) is 7.55. The van der Waals surface area contributed by atoms with E-state index >= 15 is 0 Å². The Hall–Kier alpha value is -0.693. The molecule has 0 aliphatic heterocycles. The minimum Gasteiger partial charge on any atom is -0.448 e. The van der Waals surface area contributed by atoms with Crippen molar-refractivity contribution in [2.45, 2.75) is 26.7 Å². The highest BCUT2D eigenvalue weighted by Gasteiger charge is 2.47. The Morgan fingerprint density at radius 1 is 1.19 bits per heavy atom. The molecular weight excluding hydrogens is 228 g/mol. The van der Waals surface area contributed by atoms with Crippen molar-refractivity contribution in [3.8, 4) is 0 Å². The highest BCUT2D eigenvalue weighted by Crippen LogP contribution is 2.11. The average molecular weight is 248 g/mol. The van der Waals surface area contributed by atoms with Gasteiger partial charge in [0.15, 0.2) is 0 Å². The van der Waals surface area contributed by atoms with Gasteiger partial charge in [0.1, 0.15) is 0 Å². The average Bonchev–Trinajstić information content (AvgIpc) is 2.32. The molecule has 0 saturated carbocycles. The molecule has 5 nitrogen and oxygen atoms in total. The maximum Gasteiger partial charge on any atom is 0.751 e.